The highest BCUT2D eigenvalue weighted by molar-refractivity contribution is 6.31. The third-order valence-corrected chi connectivity index (χ3v) is 8.96. The van der Waals surface area contributed by atoms with Crippen molar-refractivity contribution in [1.82, 2.24) is 10.3 Å². The maximum Gasteiger partial charge on any atom is 0.338 e. The first-order valence-electron chi connectivity index (χ1n) is 13.8. The van der Waals surface area contributed by atoms with Crippen molar-refractivity contribution in [3.05, 3.63) is 94.1 Å². The van der Waals surface area contributed by atoms with Crippen LogP contribution in [0.3, 0.4) is 0 Å². The average molecular weight is 583 g/mol. The summed E-state index contributed by atoms with van der Waals surface area (Å²) >= 11 is 6.48. The number of halogens is 1. The predicted molar refractivity (Wildman–Crippen MR) is 157 cm³/mol. The van der Waals surface area contributed by atoms with Gasteiger partial charge in [0, 0.05) is 39.4 Å². The molecule has 4 atom stereocenters. The van der Waals surface area contributed by atoms with Crippen LogP contribution in [0.1, 0.15) is 34.0 Å². The van der Waals surface area contributed by atoms with Crippen molar-refractivity contribution in [2.75, 3.05) is 16.8 Å². The Balaban J connectivity index is 1.34. The molecule has 1 spiro atoms. The third kappa shape index (κ3) is 3.66. The maximum atomic E-state index is 14.3. The van der Waals surface area contributed by atoms with Gasteiger partial charge in [-0.3, -0.25) is 19.7 Å². The summed E-state index contributed by atoms with van der Waals surface area (Å²) in [7, 11) is 0. The number of carbonyl (C=O) groups excluding carboxylic acids is 4. The number of amides is 3. The molecule has 3 N–H and O–H groups in total. The van der Waals surface area contributed by atoms with Gasteiger partial charge in [-0.1, -0.05) is 29.8 Å². The summed E-state index contributed by atoms with van der Waals surface area (Å²) in [6.07, 6.45) is 2.31. The van der Waals surface area contributed by atoms with Gasteiger partial charge in [-0.05, 0) is 73.9 Å². The first-order valence-corrected chi connectivity index (χ1v) is 14.2. The van der Waals surface area contributed by atoms with Crippen LogP contribution in [0.2, 0.25) is 5.02 Å². The molecule has 0 bridgehead atoms. The summed E-state index contributed by atoms with van der Waals surface area (Å²) in [4.78, 5) is 59.1. The molecule has 4 aromatic rings. The normalized spacial score (nSPS) is 24.4. The quantitative estimate of drug-likeness (QED) is 0.236. The van der Waals surface area contributed by atoms with E-state index in [0.29, 0.717) is 33.9 Å². The first-order chi connectivity index (χ1) is 20.2. The molecule has 10 heteroatoms. The lowest BCUT2D eigenvalue weighted by molar-refractivity contribution is -0.130. The number of para-hydroxylation sites is 1. The Bertz CT molecular complexity index is 1820. The first kappa shape index (κ1) is 26.4. The number of nitrogens with zero attached hydrogens (tertiary/aromatic N) is 1. The van der Waals surface area contributed by atoms with Crippen LogP contribution >= 0.6 is 11.6 Å². The molecule has 3 aromatic carbocycles. The molecule has 9 nitrogen and oxygen atoms in total. The fraction of sp³-hybridized carbons (Fsp3) is 0.250. The van der Waals surface area contributed by atoms with Crippen LogP contribution in [0.5, 0.6) is 0 Å². The van der Waals surface area contributed by atoms with Crippen LogP contribution < -0.4 is 15.5 Å². The van der Waals surface area contributed by atoms with Crippen molar-refractivity contribution in [2.45, 2.75) is 31.8 Å². The highest BCUT2D eigenvalue weighted by Gasteiger charge is 2.70. The predicted octanol–water partition coefficient (Wildman–Crippen LogP) is 4.47. The van der Waals surface area contributed by atoms with Gasteiger partial charge < -0.3 is 15.0 Å². The third-order valence-electron chi connectivity index (χ3n) is 8.74. The van der Waals surface area contributed by atoms with Gasteiger partial charge in [0.2, 0.25) is 17.7 Å². The van der Waals surface area contributed by atoms with E-state index in [-0.39, 0.29) is 12.5 Å². The van der Waals surface area contributed by atoms with Crippen molar-refractivity contribution in [1.29, 1.82) is 0 Å². The van der Waals surface area contributed by atoms with E-state index in [0.717, 1.165) is 26.9 Å². The van der Waals surface area contributed by atoms with E-state index in [1.807, 2.05) is 37.4 Å². The standard InChI is InChI=1S/C32H27ClN4O5/c1-3-42-30(40)17-8-10-20(11-9-17)37-28(38)25-24(13-18-15-34-23-7-5-4-6-21(18)23)36-32(26(25)29(37)39)22-14-19(33)12-16(2)27(22)35-31(32)41/h4-12,14-15,24-26,34,36H,3,13H2,1-2H3,(H,35,41)/t24-,25+,26+,32-/m0/s1. The van der Waals surface area contributed by atoms with E-state index in [2.05, 4.69) is 15.6 Å². The van der Waals surface area contributed by atoms with Gasteiger partial charge in [0.15, 0.2) is 0 Å². The number of nitrogens with one attached hydrogen (secondary N) is 3. The van der Waals surface area contributed by atoms with Gasteiger partial charge in [-0.15, -0.1) is 0 Å². The summed E-state index contributed by atoms with van der Waals surface area (Å²) in [5, 5.41) is 7.90. The minimum atomic E-state index is -1.49. The molecule has 42 heavy (non-hydrogen) atoms. The molecule has 1 aromatic heterocycles. The van der Waals surface area contributed by atoms with Crippen LogP contribution in [0, 0.1) is 18.8 Å². The molecule has 4 heterocycles. The van der Waals surface area contributed by atoms with Crippen molar-refractivity contribution in [3.63, 3.8) is 0 Å². The number of carbonyl (C=O) groups is 4. The lowest BCUT2D eigenvalue weighted by Crippen LogP contribution is -2.53. The Morgan fingerprint density at radius 2 is 1.81 bits per heavy atom. The Hall–Kier alpha value is -4.47. The van der Waals surface area contributed by atoms with Gasteiger partial charge in [0.1, 0.15) is 5.54 Å². The van der Waals surface area contributed by atoms with E-state index in [4.69, 9.17) is 16.3 Å². The van der Waals surface area contributed by atoms with Crippen LogP contribution in [-0.2, 0) is 31.1 Å². The van der Waals surface area contributed by atoms with Gasteiger partial charge >= 0.3 is 5.97 Å². The summed E-state index contributed by atoms with van der Waals surface area (Å²) in [6, 6.07) is 17.0. The number of fused-ring (bicyclic) bond motifs is 5. The van der Waals surface area contributed by atoms with Crippen LogP contribution in [-0.4, -0.2) is 41.3 Å². The van der Waals surface area contributed by atoms with E-state index >= 15 is 0 Å². The number of rotatable bonds is 5. The SMILES string of the molecule is CCOC(=O)c1ccc(N2C(=O)[C@@H]3[C@H](Cc4c[nH]c5ccccc45)N[C@]4(C(=O)Nc5c(C)cc(Cl)cc54)[C@H]3C2=O)cc1. The Kier molecular flexibility index (Phi) is 6.00. The second kappa shape index (κ2) is 9.54. The maximum absolute atomic E-state index is 14.3. The number of aromatic amines is 1. The fourth-order valence-corrected chi connectivity index (χ4v) is 7.23. The second-order valence-corrected chi connectivity index (χ2v) is 11.4. The Labute approximate surface area is 246 Å². The number of aryl methyl sites for hydroxylation is 1. The summed E-state index contributed by atoms with van der Waals surface area (Å²) < 4.78 is 5.07. The van der Waals surface area contributed by atoms with Crippen molar-refractivity contribution in [2.24, 2.45) is 11.8 Å². The molecule has 2 fully saturated rings. The lowest BCUT2D eigenvalue weighted by Gasteiger charge is -2.29. The minimum absolute atomic E-state index is 0.229. The number of anilines is 2. The van der Waals surface area contributed by atoms with Gasteiger partial charge in [0.05, 0.1) is 29.7 Å². The van der Waals surface area contributed by atoms with Crippen molar-refractivity contribution >= 4 is 57.6 Å². The summed E-state index contributed by atoms with van der Waals surface area (Å²) in [5.41, 5.74) is 3.01. The topological polar surface area (TPSA) is 121 Å². The van der Waals surface area contributed by atoms with Crippen molar-refractivity contribution in [3.8, 4) is 0 Å². The van der Waals surface area contributed by atoms with E-state index in [9.17, 15) is 19.2 Å². The highest BCUT2D eigenvalue weighted by Crippen LogP contribution is 2.55. The molecule has 7 rings (SSSR count). The number of ether oxygens (including phenoxy) is 1. The number of esters is 1. The van der Waals surface area contributed by atoms with E-state index in [1.54, 1.807) is 31.2 Å². The molecular formula is C32H27ClN4O5. The Morgan fingerprint density at radius 1 is 1.05 bits per heavy atom. The van der Waals surface area contributed by atoms with Gasteiger partial charge in [-0.2, -0.15) is 0 Å². The Morgan fingerprint density at radius 3 is 2.57 bits per heavy atom. The largest absolute Gasteiger partial charge is 0.462 e. The number of imide groups is 1. The minimum Gasteiger partial charge on any atom is -0.462 e. The van der Waals surface area contributed by atoms with Gasteiger partial charge in [0.25, 0.3) is 0 Å². The molecule has 3 aliphatic rings. The molecule has 3 amide bonds. The molecule has 0 aliphatic carbocycles. The lowest BCUT2D eigenvalue weighted by atomic mass is 9.76. The average Bonchev–Trinajstić information content (AvgIpc) is 3.68. The highest BCUT2D eigenvalue weighted by atomic mass is 35.5. The number of benzene rings is 3. The zero-order valence-electron chi connectivity index (χ0n) is 22.9. The number of hydrogen-bond acceptors (Lipinski definition) is 6. The van der Waals surface area contributed by atoms with Gasteiger partial charge in [-0.25, -0.2) is 9.69 Å². The molecule has 212 valence electrons. The second-order valence-electron chi connectivity index (χ2n) is 11.0. The summed E-state index contributed by atoms with van der Waals surface area (Å²) in [5.74, 6) is -3.60. The molecular weight excluding hydrogens is 556 g/mol. The number of H-pyrrole nitrogens is 1. The monoisotopic (exact) mass is 582 g/mol. The van der Waals surface area contributed by atoms with Crippen molar-refractivity contribution < 1.29 is 23.9 Å². The zero-order valence-corrected chi connectivity index (χ0v) is 23.6. The smallest absolute Gasteiger partial charge is 0.338 e. The van der Waals surface area contributed by atoms with E-state index < -0.39 is 41.2 Å². The zero-order chi connectivity index (χ0) is 29.3. The molecule has 2 saturated heterocycles. The van der Waals surface area contributed by atoms with Crippen LogP contribution in [0.4, 0.5) is 11.4 Å². The summed E-state index contributed by atoms with van der Waals surface area (Å²) in [6.45, 7) is 3.79. The van der Waals surface area contributed by atoms with Crippen LogP contribution in [0.15, 0.2) is 66.9 Å². The molecule has 0 saturated carbocycles. The number of aromatic nitrogens is 1. The molecule has 3 aliphatic heterocycles. The number of hydrogen-bond donors (Lipinski definition) is 3. The molecule has 0 unspecified atom stereocenters. The van der Waals surface area contributed by atoms with E-state index in [1.165, 1.54) is 12.1 Å². The molecule has 0 radical (unpaired) electrons. The fourth-order valence-electron chi connectivity index (χ4n) is 6.96. The van der Waals surface area contributed by atoms with Crippen LogP contribution in [0.25, 0.3) is 10.9 Å².